The predicted molar refractivity (Wildman–Crippen MR) is 102 cm³/mol. The molecule has 1 rings (SSSR count). The van der Waals surface area contributed by atoms with Crippen LogP contribution in [0.2, 0.25) is 0 Å². The lowest BCUT2D eigenvalue weighted by atomic mass is 10.1. The predicted octanol–water partition coefficient (Wildman–Crippen LogP) is 3.74. The van der Waals surface area contributed by atoms with Gasteiger partial charge >= 0.3 is 0 Å². The van der Waals surface area contributed by atoms with Crippen LogP contribution in [0.1, 0.15) is 60.1 Å². The third-order valence-corrected chi connectivity index (χ3v) is 3.65. The molecule has 0 fully saturated rings. The van der Waals surface area contributed by atoms with Crippen LogP contribution in [-0.4, -0.2) is 54.1 Å². The van der Waals surface area contributed by atoms with E-state index in [0.29, 0.717) is 33.0 Å². The second-order valence-electron chi connectivity index (χ2n) is 6.73. The highest BCUT2D eigenvalue weighted by Crippen LogP contribution is 2.05. The molecule has 1 heterocycles. The molecule has 0 unspecified atom stereocenters. The van der Waals surface area contributed by atoms with Gasteiger partial charge in [0.1, 0.15) is 0 Å². The molecule has 0 aliphatic rings. The van der Waals surface area contributed by atoms with E-state index >= 15 is 0 Å². The zero-order chi connectivity index (χ0) is 17.6. The molecule has 0 atom stereocenters. The van der Waals surface area contributed by atoms with Crippen molar-refractivity contribution in [3.63, 3.8) is 0 Å². The number of rotatable bonds is 15. The molecule has 25 heavy (non-hydrogen) atoms. The number of nitrogens with zero attached hydrogens (tertiary/aromatic N) is 3. The first-order valence-electron chi connectivity index (χ1n) is 9.24. The van der Waals surface area contributed by atoms with Gasteiger partial charge in [-0.2, -0.15) is 0 Å². The molecule has 0 saturated heterocycles. The van der Waals surface area contributed by atoms with E-state index in [1.807, 2.05) is 18.5 Å². The van der Waals surface area contributed by atoms with Crippen molar-refractivity contribution >= 4 is 0 Å². The molecular weight excluding hydrogens is 318 g/mol. The minimum Gasteiger partial charge on any atom is -0.379 e. The zero-order valence-electron chi connectivity index (χ0n) is 15.9. The van der Waals surface area contributed by atoms with Crippen molar-refractivity contribution in [3.8, 4) is 0 Å². The molecule has 0 aliphatic heterocycles. The summed E-state index contributed by atoms with van der Waals surface area (Å²) in [4.78, 5) is 0. The molecule has 0 amide bonds. The maximum Gasteiger partial charge on any atom is 0.0726 e. The van der Waals surface area contributed by atoms with E-state index in [1.54, 1.807) is 6.20 Å². The highest BCUT2D eigenvalue weighted by atomic mass is 16.5. The maximum absolute atomic E-state index is 5.60. The number of unbranched alkanes of at least 4 members (excludes halogenated alkanes) is 1. The Balaban J connectivity index is 0.00000576. The van der Waals surface area contributed by atoms with Gasteiger partial charge in [0.2, 0.25) is 0 Å². The molecular formula is C19H39N3O3. The van der Waals surface area contributed by atoms with Crippen LogP contribution in [0, 0.1) is 5.92 Å². The van der Waals surface area contributed by atoms with E-state index in [4.69, 9.17) is 14.2 Å². The molecule has 148 valence electrons. The second kappa shape index (κ2) is 15.3. The van der Waals surface area contributed by atoms with Crippen LogP contribution < -0.4 is 0 Å². The molecule has 0 bridgehead atoms. The van der Waals surface area contributed by atoms with E-state index < -0.39 is 0 Å². The molecule has 0 spiro atoms. The average molecular weight is 358 g/mol. The zero-order valence-corrected chi connectivity index (χ0v) is 15.9. The van der Waals surface area contributed by atoms with Crippen LogP contribution in [0.4, 0.5) is 0 Å². The summed E-state index contributed by atoms with van der Waals surface area (Å²) in [6, 6.07) is 0. The standard InChI is InChI=1S/C18H35N3O3.CH4/c1-16(2)7-5-6-10-22-13-14-23-12-9-21-18(15-19-20-21)8-11-24-17(3)4;/h15-17H,5-14H2,1-4H3;1H4. The Labute approximate surface area is 154 Å². The Hall–Kier alpha value is -0.980. The first-order valence-corrected chi connectivity index (χ1v) is 9.24. The number of hydrogen-bond donors (Lipinski definition) is 0. The van der Waals surface area contributed by atoms with Crippen LogP contribution in [-0.2, 0) is 27.2 Å². The van der Waals surface area contributed by atoms with Crippen molar-refractivity contribution in [3.05, 3.63) is 11.9 Å². The van der Waals surface area contributed by atoms with Crippen LogP contribution >= 0.6 is 0 Å². The summed E-state index contributed by atoms with van der Waals surface area (Å²) in [5.41, 5.74) is 1.08. The van der Waals surface area contributed by atoms with Gasteiger partial charge in [-0.3, -0.25) is 0 Å². The van der Waals surface area contributed by atoms with E-state index in [1.165, 1.54) is 12.8 Å². The van der Waals surface area contributed by atoms with Gasteiger partial charge in [-0.1, -0.05) is 39.3 Å². The summed E-state index contributed by atoms with van der Waals surface area (Å²) in [6.07, 6.45) is 6.53. The summed E-state index contributed by atoms with van der Waals surface area (Å²) in [6.45, 7) is 12.7. The normalized spacial score (nSPS) is 11.3. The van der Waals surface area contributed by atoms with Crippen molar-refractivity contribution in [2.45, 2.75) is 73.5 Å². The molecule has 0 N–H and O–H groups in total. The first kappa shape index (κ1) is 24.0. The smallest absolute Gasteiger partial charge is 0.0726 e. The molecule has 0 aromatic carbocycles. The highest BCUT2D eigenvalue weighted by molar-refractivity contribution is 4.94. The molecule has 0 saturated carbocycles. The summed E-state index contributed by atoms with van der Waals surface area (Å²) in [5.74, 6) is 0.784. The number of aromatic nitrogens is 3. The monoisotopic (exact) mass is 357 g/mol. The SMILES string of the molecule is C.CC(C)CCCCOCCOCCn1nncc1CCOC(C)C. The largest absolute Gasteiger partial charge is 0.379 e. The van der Waals surface area contributed by atoms with Gasteiger partial charge in [0.25, 0.3) is 0 Å². The molecule has 0 aliphatic carbocycles. The molecule has 6 heteroatoms. The van der Waals surface area contributed by atoms with Crippen molar-refractivity contribution in [2.75, 3.05) is 33.0 Å². The van der Waals surface area contributed by atoms with Crippen molar-refractivity contribution in [2.24, 2.45) is 5.92 Å². The van der Waals surface area contributed by atoms with Gasteiger partial charge in [-0.15, -0.1) is 5.10 Å². The Bertz CT molecular complexity index is 408. The topological polar surface area (TPSA) is 58.4 Å². The van der Waals surface area contributed by atoms with Gasteiger partial charge in [0.05, 0.1) is 51.0 Å². The molecule has 1 aromatic heterocycles. The molecule has 1 aromatic rings. The summed E-state index contributed by atoms with van der Waals surface area (Å²) >= 11 is 0. The van der Waals surface area contributed by atoms with Gasteiger partial charge in [0, 0.05) is 13.0 Å². The van der Waals surface area contributed by atoms with Crippen molar-refractivity contribution in [1.82, 2.24) is 15.0 Å². The van der Waals surface area contributed by atoms with Crippen LogP contribution in [0.5, 0.6) is 0 Å². The van der Waals surface area contributed by atoms with Crippen LogP contribution in [0.15, 0.2) is 6.20 Å². The van der Waals surface area contributed by atoms with Gasteiger partial charge in [-0.25, -0.2) is 4.68 Å². The molecule has 6 nitrogen and oxygen atoms in total. The minimum absolute atomic E-state index is 0. The first-order chi connectivity index (χ1) is 11.6. The Morgan fingerprint density at radius 1 is 0.960 bits per heavy atom. The molecule has 0 radical (unpaired) electrons. The van der Waals surface area contributed by atoms with Gasteiger partial charge in [-0.05, 0) is 26.2 Å². The van der Waals surface area contributed by atoms with E-state index in [0.717, 1.165) is 31.1 Å². The lowest BCUT2D eigenvalue weighted by Gasteiger charge is -2.09. The summed E-state index contributed by atoms with van der Waals surface area (Å²) in [5, 5.41) is 8.06. The van der Waals surface area contributed by atoms with Crippen molar-refractivity contribution in [1.29, 1.82) is 0 Å². The average Bonchev–Trinajstić information content (AvgIpc) is 2.96. The maximum atomic E-state index is 5.60. The fourth-order valence-electron chi connectivity index (χ4n) is 2.29. The van der Waals surface area contributed by atoms with Crippen LogP contribution in [0.3, 0.4) is 0 Å². The fourth-order valence-corrected chi connectivity index (χ4v) is 2.29. The summed E-state index contributed by atoms with van der Waals surface area (Å²) in [7, 11) is 0. The Morgan fingerprint density at radius 2 is 1.68 bits per heavy atom. The van der Waals surface area contributed by atoms with E-state index in [2.05, 4.69) is 24.2 Å². The minimum atomic E-state index is 0. The third kappa shape index (κ3) is 13.0. The second-order valence-corrected chi connectivity index (χ2v) is 6.73. The van der Waals surface area contributed by atoms with Crippen molar-refractivity contribution < 1.29 is 14.2 Å². The highest BCUT2D eigenvalue weighted by Gasteiger charge is 2.04. The lowest BCUT2D eigenvalue weighted by molar-refractivity contribution is 0.0418. The number of hydrogen-bond acceptors (Lipinski definition) is 5. The van der Waals surface area contributed by atoms with E-state index in [-0.39, 0.29) is 13.5 Å². The third-order valence-electron chi connectivity index (χ3n) is 3.65. The van der Waals surface area contributed by atoms with Gasteiger partial charge in [0.15, 0.2) is 0 Å². The van der Waals surface area contributed by atoms with E-state index in [9.17, 15) is 0 Å². The Morgan fingerprint density at radius 3 is 2.36 bits per heavy atom. The lowest BCUT2D eigenvalue weighted by Crippen LogP contribution is -2.15. The van der Waals surface area contributed by atoms with Gasteiger partial charge < -0.3 is 14.2 Å². The van der Waals surface area contributed by atoms with Crippen LogP contribution in [0.25, 0.3) is 0 Å². The summed E-state index contributed by atoms with van der Waals surface area (Å²) < 4.78 is 18.6. The fraction of sp³-hybridized carbons (Fsp3) is 0.895. The quantitative estimate of drug-likeness (QED) is 0.448. The Kier molecular flexibility index (Phi) is 14.7. The number of ether oxygens (including phenoxy) is 3.